The Balaban J connectivity index is 2.24. The summed E-state index contributed by atoms with van der Waals surface area (Å²) in [7, 11) is 0. The Morgan fingerprint density at radius 2 is 1.00 bits per heavy atom. The van der Waals surface area contributed by atoms with Crippen LogP contribution in [0.15, 0.2) is 11.1 Å². The first-order valence-corrected chi connectivity index (χ1v) is 4.16. The van der Waals surface area contributed by atoms with Gasteiger partial charge in [-0.15, -0.1) is 0 Å². The van der Waals surface area contributed by atoms with Gasteiger partial charge in [-0.25, -0.2) is 0 Å². The lowest BCUT2D eigenvalue weighted by molar-refractivity contribution is 0.669. The Hall–Kier alpha value is -0.260. The zero-order valence-electron chi connectivity index (χ0n) is 7.41. The van der Waals surface area contributed by atoms with Gasteiger partial charge < -0.3 is 0 Å². The lowest BCUT2D eigenvalue weighted by Gasteiger charge is -1.94. The molecule has 0 amide bonds. The quantitative estimate of drug-likeness (QED) is 0.449. The Morgan fingerprint density at radius 3 is 1.10 bits per heavy atom. The topological polar surface area (TPSA) is 0 Å². The molecular weight excluding hydrogens is 120 g/mol. The van der Waals surface area contributed by atoms with Crippen molar-refractivity contribution >= 4 is 0 Å². The molecule has 0 aromatic rings. The summed E-state index contributed by atoms with van der Waals surface area (Å²) in [5.41, 5.74) is 4.70. The van der Waals surface area contributed by atoms with Gasteiger partial charge in [0.1, 0.15) is 0 Å². The molecule has 2 aliphatic carbocycles. The smallest absolute Gasteiger partial charge is 0.0104 e. The normalized spacial score (nSPS) is 39.6. The molecule has 2 rings (SSSR count). The second-order valence-corrected chi connectivity index (χ2v) is 5.08. The first-order chi connectivity index (χ1) is 4.43. The van der Waals surface area contributed by atoms with Crippen molar-refractivity contribution in [3.05, 3.63) is 11.1 Å². The predicted molar refractivity (Wildman–Crippen MR) is 43.8 cm³/mol. The molecule has 0 atom stereocenters. The van der Waals surface area contributed by atoms with Crippen LogP contribution in [0.2, 0.25) is 0 Å². The summed E-state index contributed by atoms with van der Waals surface area (Å²) in [6.45, 7) is 9.40. The maximum atomic E-state index is 2.35. The summed E-state index contributed by atoms with van der Waals surface area (Å²) in [4.78, 5) is 0. The van der Waals surface area contributed by atoms with Crippen molar-refractivity contribution in [2.45, 2.75) is 40.5 Å². The average Bonchev–Trinajstić information content (AvgIpc) is 2.49. The van der Waals surface area contributed by atoms with Gasteiger partial charge in [0.05, 0.1) is 0 Å². The van der Waals surface area contributed by atoms with Crippen molar-refractivity contribution < 1.29 is 0 Å². The van der Waals surface area contributed by atoms with Crippen LogP contribution in [0.4, 0.5) is 0 Å². The van der Waals surface area contributed by atoms with Crippen molar-refractivity contribution in [1.29, 1.82) is 0 Å². The van der Waals surface area contributed by atoms with Gasteiger partial charge in [0, 0.05) is 0 Å². The Morgan fingerprint density at radius 1 is 0.800 bits per heavy atom. The fourth-order valence-electron chi connectivity index (χ4n) is 1.83. The average molecular weight is 136 g/mol. The highest BCUT2D eigenvalue weighted by molar-refractivity contribution is 5.46. The third-order valence-electron chi connectivity index (χ3n) is 2.99. The van der Waals surface area contributed by atoms with Gasteiger partial charge in [0.2, 0.25) is 0 Å². The maximum Gasteiger partial charge on any atom is -0.0104 e. The molecule has 2 aliphatic rings. The fourth-order valence-corrected chi connectivity index (χ4v) is 1.83. The van der Waals surface area contributed by atoms with Crippen LogP contribution < -0.4 is 0 Å². The van der Waals surface area contributed by atoms with Crippen LogP contribution in [0.5, 0.6) is 0 Å². The number of allylic oxidation sites excluding steroid dienone is 2. The molecule has 2 saturated carbocycles. The van der Waals surface area contributed by atoms with Crippen molar-refractivity contribution in [2.24, 2.45) is 10.8 Å². The van der Waals surface area contributed by atoms with Gasteiger partial charge in [-0.05, 0) is 23.7 Å². The minimum Gasteiger partial charge on any atom is -0.0636 e. The third kappa shape index (κ3) is 0.744. The zero-order chi connectivity index (χ0) is 7.57. The van der Waals surface area contributed by atoms with E-state index in [0.29, 0.717) is 10.8 Å². The molecule has 0 aromatic heterocycles. The van der Waals surface area contributed by atoms with Crippen LogP contribution in [-0.4, -0.2) is 0 Å². The SMILES string of the molecule is CC1(C)C/C1=C1\CC1(C)C. The molecule has 0 heteroatoms. The van der Waals surface area contributed by atoms with Crippen LogP contribution >= 0.6 is 0 Å². The van der Waals surface area contributed by atoms with Gasteiger partial charge in [-0.2, -0.15) is 0 Å². The van der Waals surface area contributed by atoms with Gasteiger partial charge in [-0.1, -0.05) is 38.8 Å². The van der Waals surface area contributed by atoms with E-state index in [1.807, 2.05) is 0 Å². The lowest BCUT2D eigenvalue weighted by Crippen LogP contribution is -1.83. The van der Waals surface area contributed by atoms with E-state index in [9.17, 15) is 0 Å². The summed E-state index contributed by atoms with van der Waals surface area (Å²) in [5, 5.41) is 0. The number of hydrogen-bond acceptors (Lipinski definition) is 0. The van der Waals surface area contributed by atoms with Gasteiger partial charge >= 0.3 is 0 Å². The minimum absolute atomic E-state index is 0.586. The summed E-state index contributed by atoms with van der Waals surface area (Å²) in [6, 6.07) is 0. The molecular formula is C10H16. The van der Waals surface area contributed by atoms with E-state index < -0.39 is 0 Å². The molecule has 0 radical (unpaired) electrons. The molecule has 0 nitrogen and oxygen atoms in total. The second kappa shape index (κ2) is 1.34. The van der Waals surface area contributed by atoms with Gasteiger partial charge in [0.15, 0.2) is 0 Å². The molecule has 56 valence electrons. The molecule has 0 unspecified atom stereocenters. The van der Waals surface area contributed by atoms with Crippen LogP contribution in [-0.2, 0) is 0 Å². The molecule has 0 spiro atoms. The van der Waals surface area contributed by atoms with Crippen LogP contribution in [0.1, 0.15) is 40.5 Å². The van der Waals surface area contributed by atoms with E-state index in [-0.39, 0.29) is 0 Å². The van der Waals surface area contributed by atoms with E-state index in [0.717, 1.165) is 0 Å². The summed E-state index contributed by atoms with van der Waals surface area (Å²) >= 11 is 0. The summed E-state index contributed by atoms with van der Waals surface area (Å²) in [5.74, 6) is 0. The Bertz CT molecular complexity index is 192. The van der Waals surface area contributed by atoms with E-state index in [1.165, 1.54) is 12.8 Å². The summed E-state index contributed by atoms with van der Waals surface area (Å²) < 4.78 is 0. The van der Waals surface area contributed by atoms with Crippen molar-refractivity contribution in [2.75, 3.05) is 0 Å². The fraction of sp³-hybridized carbons (Fsp3) is 0.800. The monoisotopic (exact) mass is 136 g/mol. The van der Waals surface area contributed by atoms with Crippen molar-refractivity contribution in [1.82, 2.24) is 0 Å². The number of hydrogen-bond donors (Lipinski definition) is 0. The number of rotatable bonds is 0. The van der Waals surface area contributed by atoms with E-state index >= 15 is 0 Å². The highest BCUT2D eigenvalue weighted by atomic mass is 14.6. The van der Waals surface area contributed by atoms with Crippen LogP contribution in [0.25, 0.3) is 0 Å². The lowest BCUT2D eigenvalue weighted by atomic mass is 10.1. The molecule has 0 aromatic carbocycles. The van der Waals surface area contributed by atoms with Gasteiger partial charge in [0.25, 0.3) is 0 Å². The molecule has 2 fully saturated rings. The van der Waals surface area contributed by atoms with Crippen molar-refractivity contribution in [3.63, 3.8) is 0 Å². The Labute approximate surface area is 63.3 Å². The molecule has 0 heterocycles. The first kappa shape index (κ1) is 6.45. The van der Waals surface area contributed by atoms with E-state index in [2.05, 4.69) is 27.7 Å². The third-order valence-corrected chi connectivity index (χ3v) is 2.99. The first-order valence-electron chi connectivity index (χ1n) is 4.16. The molecule has 0 aliphatic heterocycles. The maximum absolute atomic E-state index is 2.35. The standard InChI is InChI=1S/C10H16/c1-9(2)5-7(9)8-6-10(8,3)4/h5-6H2,1-4H3/b8-7-. The molecule has 10 heavy (non-hydrogen) atoms. The van der Waals surface area contributed by atoms with E-state index in [1.54, 1.807) is 11.1 Å². The minimum atomic E-state index is 0.586. The molecule has 0 saturated heterocycles. The largest absolute Gasteiger partial charge is 0.0636 e. The van der Waals surface area contributed by atoms with Crippen LogP contribution in [0, 0.1) is 10.8 Å². The summed E-state index contributed by atoms with van der Waals surface area (Å²) in [6.07, 6.45) is 2.73. The molecule has 0 bridgehead atoms. The van der Waals surface area contributed by atoms with E-state index in [4.69, 9.17) is 0 Å². The van der Waals surface area contributed by atoms with Crippen LogP contribution in [0.3, 0.4) is 0 Å². The predicted octanol–water partition coefficient (Wildman–Crippen LogP) is 3.14. The highest BCUT2D eigenvalue weighted by Gasteiger charge is 2.51. The molecule has 0 N–H and O–H groups in total. The van der Waals surface area contributed by atoms with Gasteiger partial charge in [-0.3, -0.25) is 0 Å². The zero-order valence-corrected chi connectivity index (χ0v) is 7.41. The Kier molecular flexibility index (Phi) is 0.867. The van der Waals surface area contributed by atoms with Crippen molar-refractivity contribution in [3.8, 4) is 0 Å². The second-order valence-electron chi connectivity index (χ2n) is 5.08. The highest BCUT2D eigenvalue weighted by Crippen LogP contribution is 2.64.